The largest absolute Gasteiger partial charge is 0.463 e. The Hall–Kier alpha value is -1.43. The molecule has 0 unspecified atom stereocenters. The van der Waals surface area contributed by atoms with E-state index in [1.54, 1.807) is 19.1 Å². The zero-order valence-electron chi connectivity index (χ0n) is 11.9. The summed E-state index contributed by atoms with van der Waals surface area (Å²) >= 11 is 17.6. The number of hydrogen-bond donors (Lipinski definition) is 1. The Morgan fingerprint density at radius 2 is 1.77 bits per heavy atom. The van der Waals surface area contributed by atoms with Gasteiger partial charge in [-0.15, -0.1) is 0 Å². The molecule has 0 aliphatic heterocycles. The molecule has 1 aromatic rings. The smallest absolute Gasteiger partial charge is 0.411 e. The van der Waals surface area contributed by atoms with Gasteiger partial charge in [-0.05, 0) is 31.5 Å². The monoisotopic (exact) mass is 365 g/mol. The van der Waals surface area contributed by atoms with E-state index < -0.39 is 12.1 Å². The molecule has 0 spiro atoms. The fourth-order valence-electron chi connectivity index (χ4n) is 1.43. The number of amides is 1. The molecule has 5 nitrogen and oxygen atoms in total. The van der Waals surface area contributed by atoms with Crippen LogP contribution in [0.5, 0.6) is 0 Å². The number of alkyl carbamates (subject to hydrolysis) is 1. The van der Waals surface area contributed by atoms with Crippen molar-refractivity contribution in [2.45, 2.75) is 20.5 Å². The van der Waals surface area contributed by atoms with Gasteiger partial charge in [0.1, 0.15) is 6.61 Å². The van der Waals surface area contributed by atoms with Crippen molar-refractivity contribution in [3.63, 3.8) is 0 Å². The van der Waals surface area contributed by atoms with Gasteiger partial charge in [0.05, 0.1) is 21.7 Å². The Balaban J connectivity index is 2.55. The van der Waals surface area contributed by atoms with Gasteiger partial charge in [-0.3, -0.25) is 5.32 Å². The third-order valence-corrected chi connectivity index (χ3v) is 3.53. The molecular weight excluding hydrogens is 353 g/mol. The quantitative estimate of drug-likeness (QED) is 0.478. The molecule has 0 heterocycles. The first-order chi connectivity index (χ1) is 10.3. The fourth-order valence-corrected chi connectivity index (χ4v) is 2.08. The third-order valence-electron chi connectivity index (χ3n) is 2.33. The first-order valence-corrected chi connectivity index (χ1v) is 7.39. The molecule has 0 radical (unpaired) electrons. The fraction of sp³-hybridized carbons (Fsp3) is 0.286. The van der Waals surface area contributed by atoms with Crippen LogP contribution in [-0.4, -0.2) is 18.7 Å². The molecule has 0 aromatic heterocycles. The predicted molar refractivity (Wildman–Crippen MR) is 85.2 cm³/mol. The lowest BCUT2D eigenvalue weighted by atomic mass is 10.2. The van der Waals surface area contributed by atoms with E-state index in [2.05, 4.69) is 5.32 Å². The number of halogens is 3. The van der Waals surface area contributed by atoms with Gasteiger partial charge in [0, 0.05) is 11.8 Å². The Labute approximate surface area is 143 Å². The van der Waals surface area contributed by atoms with Crippen LogP contribution in [0.25, 0.3) is 0 Å². The third kappa shape index (κ3) is 6.13. The molecule has 0 bridgehead atoms. The molecule has 0 saturated carbocycles. The molecule has 1 aromatic carbocycles. The van der Waals surface area contributed by atoms with Crippen LogP contribution >= 0.6 is 34.8 Å². The Bertz CT molecular complexity index is 579. The van der Waals surface area contributed by atoms with E-state index in [0.29, 0.717) is 11.3 Å². The number of rotatable bonds is 5. The molecule has 0 fully saturated rings. The maximum absolute atomic E-state index is 11.6. The summed E-state index contributed by atoms with van der Waals surface area (Å²) < 4.78 is 9.70. The lowest BCUT2D eigenvalue weighted by Crippen LogP contribution is -2.23. The van der Waals surface area contributed by atoms with Crippen molar-refractivity contribution in [1.29, 1.82) is 0 Å². The molecular formula is C14H14Cl3NO4. The number of allylic oxidation sites excluding steroid dienone is 1. The Morgan fingerprint density at radius 3 is 2.32 bits per heavy atom. The topological polar surface area (TPSA) is 64.6 Å². The molecule has 1 amide bonds. The summed E-state index contributed by atoms with van der Waals surface area (Å²) in [5, 5.41) is 3.17. The number of carbonyl (C=O) groups excluding carboxylic acids is 2. The van der Waals surface area contributed by atoms with Crippen LogP contribution in [0, 0.1) is 0 Å². The minimum Gasteiger partial charge on any atom is -0.463 e. The van der Waals surface area contributed by atoms with Crippen molar-refractivity contribution in [2.24, 2.45) is 0 Å². The molecule has 1 rings (SSSR count). The van der Waals surface area contributed by atoms with Crippen LogP contribution in [0.2, 0.25) is 15.1 Å². The number of nitrogens with one attached hydrogen (secondary N) is 1. The van der Waals surface area contributed by atoms with Crippen LogP contribution in [-0.2, 0) is 20.9 Å². The highest BCUT2D eigenvalue weighted by Gasteiger charge is 2.09. The standard InChI is InChI=1S/C14H14Cl3NO4/c1-3-21-12(19)4-8(2)18-14(20)22-7-9-5-10(15)13(17)11(16)6-9/h4-6H,3,7H2,1-2H3,(H,18,20). The first kappa shape index (κ1) is 18.6. The minimum absolute atomic E-state index is 0.0465. The number of esters is 1. The maximum Gasteiger partial charge on any atom is 0.411 e. The molecule has 0 aliphatic rings. The zero-order valence-corrected chi connectivity index (χ0v) is 14.2. The van der Waals surface area contributed by atoms with Crippen molar-refractivity contribution in [1.82, 2.24) is 5.32 Å². The van der Waals surface area contributed by atoms with E-state index in [-0.39, 0.29) is 28.3 Å². The van der Waals surface area contributed by atoms with Crippen molar-refractivity contribution >= 4 is 46.9 Å². The van der Waals surface area contributed by atoms with E-state index in [0.717, 1.165) is 6.08 Å². The summed E-state index contributed by atoms with van der Waals surface area (Å²) in [4.78, 5) is 22.8. The van der Waals surface area contributed by atoms with Gasteiger partial charge in [-0.25, -0.2) is 9.59 Å². The molecule has 1 N–H and O–H groups in total. The van der Waals surface area contributed by atoms with Gasteiger partial charge < -0.3 is 9.47 Å². The van der Waals surface area contributed by atoms with Crippen LogP contribution in [0.3, 0.4) is 0 Å². The summed E-state index contributed by atoms with van der Waals surface area (Å²) in [7, 11) is 0. The normalized spacial score (nSPS) is 11.0. The number of carbonyl (C=O) groups is 2. The number of hydrogen-bond acceptors (Lipinski definition) is 4. The van der Waals surface area contributed by atoms with Crippen LogP contribution in [0.1, 0.15) is 19.4 Å². The molecule has 8 heteroatoms. The molecule has 0 atom stereocenters. The highest BCUT2D eigenvalue weighted by Crippen LogP contribution is 2.31. The van der Waals surface area contributed by atoms with E-state index in [4.69, 9.17) is 44.3 Å². The first-order valence-electron chi connectivity index (χ1n) is 6.25. The van der Waals surface area contributed by atoms with Crippen LogP contribution < -0.4 is 5.32 Å². The summed E-state index contributed by atoms with van der Waals surface area (Å²) in [6.07, 6.45) is 0.432. The van der Waals surface area contributed by atoms with Crippen molar-refractivity contribution in [2.75, 3.05) is 6.61 Å². The van der Waals surface area contributed by atoms with Crippen molar-refractivity contribution < 1.29 is 19.1 Å². The second-order valence-electron chi connectivity index (χ2n) is 4.15. The maximum atomic E-state index is 11.6. The van der Waals surface area contributed by atoms with Crippen molar-refractivity contribution in [3.05, 3.63) is 44.5 Å². The highest BCUT2D eigenvalue weighted by molar-refractivity contribution is 6.48. The lowest BCUT2D eigenvalue weighted by Gasteiger charge is -2.08. The van der Waals surface area contributed by atoms with E-state index >= 15 is 0 Å². The average molecular weight is 367 g/mol. The summed E-state index contributed by atoms with van der Waals surface area (Å²) in [5.74, 6) is -0.545. The van der Waals surface area contributed by atoms with Gasteiger partial charge in [0.2, 0.25) is 0 Å². The minimum atomic E-state index is -0.722. The van der Waals surface area contributed by atoms with Crippen LogP contribution in [0.15, 0.2) is 23.9 Å². The second-order valence-corrected chi connectivity index (χ2v) is 5.35. The second kappa shape index (κ2) is 8.88. The van der Waals surface area contributed by atoms with E-state index in [1.807, 2.05) is 0 Å². The number of ether oxygens (including phenoxy) is 2. The summed E-state index contributed by atoms with van der Waals surface area (Å²) in [5.41, 5.74) is 0.886. The van der Waals surface area contributed by atoms with Gasteiger partial charge in [-0.2, -0.15) is 0 Å². The van der Waals surface area contributed by atoms with Gasteiger partial charge in [-0.1, -0.05) is 34.8 Å². The zero-order chi connectivity index (χ0) is 16.7. The summed E-state index contributed by atoms with van der Waals surface area (Å²) in [6, 6.07) is 3.09. The Morgan fingerprint density at radius 1 is 1.18 bits per heavy atom. The molecule has 22 heavy (non-hydrogen) atoms. The number of benzene rings is 1. The van der Waals surface area contributed by atoms with Crippen LogP contribution in [0.4, 0.5) is 4.79 Å². The van der Waals surface area contributed by atoms with Gasteiger partial charge in [0.15, 0.2) is 0 Å². The van der Waals surface area contributed by atoms with Gasteiger partial charge in [0.25, 0.3) is 0 Å². The average Bonchev–Trinajstić information content (AvgIpc) is 2.42. The van der Waals surface area contributed by atoms with Crippen molar-refractivity contribution in [3.8, 4) is 0 Å². The highest BCUT2D eigenvalue weighted by atomic mass is 35.5. The van der Waals surface area contributed by atoms with E-state index in [9.17, 15) is 9.59 Å². The lowest BCUT2D eigenvalue weighted by molar-refractivity contribution is -0.137. The molecule has 0 saturated heterocycles. The Kier molecular flexibility index (Phi) is 7.51. The van der Waals surface area contributed by atoms with E-state index in [1.165, 1.54) is 6.92 Å². The molecule has 120 valence electrons. The predicted octanol–water partition coefficient (Wildman–Crippen LogP) is 4.34. The van der Waals surface area contributed by atoms with Gasteiger partial charge >= 0.3 is 12.1 Å². The SMILES string of the molecule is CCOC(=O)C=C(C)NC(=O)OCc1cc(Cl)c(Cl)c(Cl)c1. The summed E-state index contributed by atoms with van der Waals surface area (Å²) in [6.45, 7) is 3.43. The molecule has 0 aliphatic carbocycles.